The number of hydrogen-bond donors (Lipinski definition) is 1. The molecule has 4 aromatic rings. The van der Waals surface area contributed by atoms with E-state index in [-0.39, 0.29) is 0 Å². The van der Waals surface area contributed by atoms with Crippen LogP contribution in [0.25, 0.3) is 32.7 Å². The molecular formula is C24H20N2O. The van der Waals surface area contributed by atoms with Crippen molar-refractivity contribution >= 4 is 27.5 Å². The zero-order valence-corrected chi connectivity index (χ0v) is 15.0. The maximum atomic E-state index is 12.0. The van der Waals surface area contributed by atoms with Crippen LogP contribution in [-0.4, -0.2) is 10.9 Å². The molecule has 0 unspecified atom stereocenters. The first-order chi connectivity index (χ1) is 13.2. The first-order valence-electron chi connectivity index (χ1n) is 9.45. The van der Waals surface area contributed by atoms with Crippen LogP contribution in [0.15, 0.2) is 60.8 Å². The van der Waals surface area contributed by atoms with Crippen LogP contribution >= 0.6 is 0 Å². The second-order valence-corrected chi connectivity index (χ2v) is 7.24. The van der Waals surface area contributed by atoms with E-state index in [1.165, 1.54) is 40.1 Å². The van der Waals surface area contributed by atoms with E-state index >= 15 is 0 Å². The summed E-state index contributed by atoms with van der Waals surface area (Å²) < 4.78 is 0. The molecule has 3 aromatic carbocycles. The number of carbonyl (C=O) groups is 1. The lowest BCUT2D eigenvalue weighted by atomic mass is 9.84. The minimum atomic E-state index is -0.495. The second-order valence-electron chi connectivity index (χ2n) is 7.24. The number of aryl methyl sites for hydroxylation is 2. The molecule has 27 heavy (non-hydrogen) atoms. The van der Waals surface area contributed by atoms with Crippen molar-refractivity contribution in [3.63, 3.8) is 0 Å². The molecule has 0 bridgehead atoms. The van der Waals surface area contributed by atoms with Crippen LogP contribution in [-0.2, 0) is 12.8 Å². The van der Waals surface area contributed by atoms with Crippen molar-refractivity contribution in [1.82, 2.24) is 4.98 Å². The average molecular weight is 352 g/mol. The van der Waals surface area contributed by atoms with Gasteiger partial charge in [0.25, 0.3) is 5.91 Å². The van der Waals surface area contributed by atoms with Gasteiger partial charge in [0.2, 0.25) is 0 Å². The Kier molecular flexibility index (Phi) is 3.68. The summed E-state index contributed by atoms with van der Waals surface area (Å²) in [4.78, 5) is 16.2. The largest absolute Gasteiger partial charge is 0.364 e. The number of aromatic nitrogens is 1. The Morgan fingerprint density at radius 2 is 1.59 bits per heavy atom. The maximum absolute atomic E-state index is 12.0. The maximum Gasteiger partial charge on any atom is 0.267 e. The van der Waals surface area contributed by atoms with Crippen molar-refractivity contribution in [1.29, 1.82) is 0 Å². The zero-order valence-electron chi connectivity index (χ0n) is 15.0. The number of carbonyl (C=O) groups excluding carboxylic acids is 1. The molecule has 3 heteroatoms. The van der Waals surface area contributed by atoms with E-state index in [4.69, 9.17) is 5.73 Å². The molecule has 1 aliphatic rings. The third-order valence-electron chi connectivity index (χ3n) is 5.70. The van der Waals surface area contributed by atoms with Gasteiger partial charge in [0, 0.05) is 11.8 Å². The van der Waals surface area contributed by atoms with Crippen LogP contribution in [0.4, 0.5) is 0 Å². The van der Waals surface area contributed by atoms with Crippen LogP contribution in [0.3, 0.4) is 0 Å². The van der Waals surface area contributed by atoms with E-state index in [2.05, 4.69) is 41.4 Å². The number of primary amides is 1. The Labute approximate surface area is 157 Å². The quantitative estimate of drug-likeness (QED) is 0.514. The van der Waals surface area contributed by atoms with Gasteiger partial charge in [0.1, 0.15) is 5.69 Å². The Hall–Kier alpha value is -3.20. The SMILES string of the molecule is NC(=O)c1ncccc1-c1cc2c3c(ccc2c2ccccc12)CCCC3. The summed E-state index contributed by atoms with van der Waals surface area (Å²) in [6.45, 7) is 0. The van der Waals surface area contributed by atoms with Crippen LogP contribution in [0, 0.1) is 0 Å². The number of rotatable bonds is 2. The van der Waals surface area contributed by atoms with Crippen molar-refractivity contribution in [3.05, 3.63) is 77.6 Å². The lowest BCUT2D eigenvalue weighted by molar-refractivity contribution is 0.0996. The Balaban J connectivity index is 1.93. The van der Waals surface area contributed by atoms with E-state index in [1.54, 1.807) is 6.20 Å². The molecular weight excluding hydrogens is 332 g/mol. The molecule has 0 atom stereocenters. The fourth-order valence-electron chi connectivity index (χ4n) is 4.47. The number of pyridine rings is 1. The predicted octanol–water partition coefficient (Wildman–Crippen LogP) is 5.03. The standard InChI is InChI=1S/C24H20N2O/c25-24(27)23-20(10-5-13-26-23)22-14-21-16-7-2-1-6-15(16)11-12-19(21)17-8-3-4-9-18(17)22/h3-5,8-14H,1-2,6-7H2,(H2,25,27). The molecule has 1 aromatic heterocycles. The predicted molar refractivity (Wildman–Crippen MR) is 110 cm³/mol. The Morgan fingerprint density at radius 1 is 0.815 bits per heavy atom. The van der Waals surface area contributed by atoms with Crippen molar-refractivity contribution in [2.45, 2.75) is 25.7 Å². The molecule has 2 N–H and O–H groups in total. The normalized spacial score (nSPS) is 13.6. The highest BCUT2D eigenvalue weighted by molar-refractivity contribution is 6.16. The third-order valence-corrected chi connectivity index (χ3v) is 5.70. The first kappa shape index (κ1) is 16.0. The van der Waals surface area contributed by atoms with Gasteiger partial charge in [0.15, 0.2) is 0 Å². The zero-order chi connectivity index (χ0) is 18.4. The number of hydrogen-bond acceptors (Lipinski definition) is 2. The third kappa shape index (κ3) is 2.50. The number of nitrogens with two attached hydrogens (primary N) is 1. The minimum absolute atomic E-state index is 0.326. The number of fused-ring (bicyclic) bond motifs is 5. The molecule has 3 nitrogen and oxygen atoms in total. The van der Waals surface area contributed by atoms with Crippen LogP contribution < -0.4 is 5.73 Å². The van der Waals surface area contributed by atoms with E-state index in [9.17, 15) is 4.79 Å². The van der Waals surface area contributed by atoms with Gasteiger partial charge in [-0.25, -0.2) is 0 Å². The summed E-state index contributed by atoms with van der Waals surface area (Å²) in [6.07, 6.45) is 6.36. The van der Waals surface area contributed by atoms with Crippen LogP contribution in [0.1, 0.15) is 34.5 Å². The van der Waals surface area contributed by atoms with E-state index in [1.807, 2.05) is 18.2 Å². The van der Waals surface area contributed by atoms with Crippen molar-refractivity contribution < 1.29 is 4.79 Å². The smallest absolute Gasteiger partial charge is 0.267 e. The molecule has 1 aliphatic carbocycles. The molecule has 1 amide bonds. The van der Waals surface area contributed by atoms with Gasteiger partial charge in [-0.2, -0.15) is 0 Å². The highest BCUT2D eigenvalue weighted by atomic mass is 16.1. The fourth-order valence-corrected chi connectivity index (χ4v) is 4.47. The summed E-state index contributed by atoms with van der Waals surface area (Å²) in [6, 6.07) is 19.0. The van der Waals surface area contributed by atoms with Crippen molar-refractivity contribution in [2.24, 2.45) is 5.73 Å². The summed E-state index contributed by atoms with van der Waals surface area (Å²) in [5, 5.41) is 4.90. The summed E-state index contributed by atoms with van der Waals surface area (Å²) in [5.74, 6) is -0.495. The van der Waals surface area contributed by atoms with Gasteiger partial charge in [-0.05, 0) is 76.1 Å². The molecule has 0 fully saturated rings. The van der Waals surface area contributed by atoms with E-state index in [0.29, 0.717) is 5.69 Å². The van der Waals surface area contributed by atoms with Gasteiger partial charge >= 0.3 is 0 Å². The molecule has 0 aliphatic heterocycles. The van der Waals surface area contributed by atoms with Gasteiger partial charge < -0.3 is 5.73 Å². The van der Waals surface area contributed by atoms with Crippen molar-refractivity contribution in [3.8, 4) is 11.1 Å². The lowest BCUT2D eigenvalue weighted by Crippen LogP contribution is -2.14. The van der Waals surface area contributed by atoms with E-state index < -0.39 is 5.91 Å². The minimum Gasteiger partial charge on any atom is -0.364 e. The van der Waals surface area contributed by atoms with E-state index in [0.717, 1.165) is 29.4 Å². The lowest BCUT2D eigenvalue weighted by Gasteiger charge is -2.20. The van der Waals surface area contributed by atoms with Gasteiger partial charge in [0.05, 0.1) is 0 Å². The first-order valence-corrected chi connectivity index (χ1v) is 9.45. The Bertz CT molecular complexity index is 1210. The van der Waals surface area contributed by atoms with Crippen LogP contribution in [0.5, 0.6) is 0 Å². The monoisotopic (exact) mass is 352 g/mol. The fraction of sp³-hybridized carbons (Fsp3) is 0.167. The summed E-state index contributed by atoms with van der Waals surface area (Å²) in [5.41, 5.74) is 10.7. The average Bonchev–Trinajstić information content (AvgIpc) is 2.73. The second kappa shape index (κ2) is 6.20. The van der Waals surface area contributed by atoms with Crippen molar-refractivity contribution in [2.75, 3.05) is 0 Å². The summed E-state index contributed by atoms with van der Waals surface area (Å²) >= 11 is 0. The Morgan fingerprint density at radius 3 is 2.44 bits per heavy atom. The highest BCUT2D eigenvalue weighted by Gasteiger charge is 2.18. The molecule has 0 radical (unpaired) electrons. The van der Waals surface area contributed by atoms with Gasteiger partial charge in [-0.1, -0.05) is 42.5 Å². The van der Waals surface area contributed by atoms with Gasteiger partial charge in [-0.3, -0.25) is 9.78 Å². The topological polar surface area (TPSA) is 56.0 Å². The molecule has 1 heterocycles. The van der Waals surface area contributed by atoms with Crippen LogP contribution in [0.2, 0.25) is 0 Å². The molecule has 0 saturated heterocycles. The number of benzene rings is 3. The molecule has 0 spiro atoms. The molecule has 132 valence electrons. The highest BCUT2D eigenvalue weighted by Crippen LogP contribution is 2.39. The summed E-state index contributed by atoms with van der Waals surface area (Å²) in [7, 11) is 0. The molecule has 5 rings (SSSR count). The number of nitrogens with zero attached hydrogens (tertiary/aromatic N) is 1. The number of amides is 1. The molecule has 0 saturated carbocycles. The van der Waals surface area contributed by atoms with Gasteiger partial charge in [-0.15, -0.1) is 0 Å².